The van der Waals surface area contributed by atoms with E-state index in [4.69, 9.17) is 11.6 Å². The molecule has 23 heavy (non-hydrogen) atoms. The van der Waals surface area contributed by atoms with Crippen LogP contribution in [0.3, 0.4) is 0 Å². The number of phenolic OH excluding ortho intramolecular Hbond substituents is 1. The molecule has 0 unspecified atom stereocenters. The molecule has 0 radical (unpaired) electrons. The summed E-state index contributed by atoms with van der Waals surface area (Å²) in [6.07, 6.45) is 1.05. The largest absolute Gasteiger partial charge is 0.502 e. The molecule has 0 atom stereocenters. The summed E-state index contributed by atoms with van der Waals surface area (Å²) < 4.78 is 0. The topological polar surface area (TPSA) is 131 Å². The quantitative estimate of drug-likeness (QED) is 0.489. The van der Waals surface area contributed by atoms with Gasteiger partial charge in [0.1, 0.15) is 0 Å². The van der Waals surface area contributed by atoms with Crippen molar-refractivity contribution in [2.45, 2.75) is 0 Å². The minimum Gasteiger partial charge on any atom is -0.502 e. The number of anilines is 1. The summed E-state index contributed by atoms with van der Waals surface area (Å²) >= 11 is 5.73. The lowest BCUT2D eigenvalue weighted by atomic mass is 10.1. The molecule has 0 fully saturated rings. The second-order valence-electron chi connectivity index (χ2n) is 4.29. The van der Waals surface area contributed by atoms with Gasteiger partial charge in [0.2, 0.25) is 5.75 Å². The van der Waals surface area contributed by atoms with Crippen molar-refractivity contribution < 1.29 is 15.0 Å². The third-order valence-corrected chi connectivity index (χ3v) is 3.01. The Balaban J connectivity index is 2.30. The fraction of sp³-hybridized carbons (Fsp3) is 0. The monoisotopic (exact) mass is 336 g/mol. The molecular formula is C13H9ClN4O5. The summed E-state index contributed by atoms with van der Waals surface area (Å²) in [4.78, 5) is 19.9. The van der Waals surface area contributed by atoms with Gasteiger partial charge in [-0.2, -0.15) is 5.10 Å². The predicted octanol–water partition coefficient (Wildman–Crippen LogP) is 3.31. The Labute approximate surface area is 134 Å². The van der Waals surface area contributed by atoms with E-state index in [-0.39, 0.29) is 5.56 Å². The van der Waals surface area contributed by atoms with Gasteiger partial charge in [-0.15, -0.1) is 0 Å². The number of hydrogen-bond acceptors (Lipinski definition) is 7. The molecule has 2 aromatic rings. The zero-order valence-electron chi connectivity index (χ0n) is 11.3. The van der Waals surface area contributed by atoms with Crippen LogP contribution in [0, 0.1) is 20.2 Å². The third kappa shape index (κ3) is 3.92. The first-order valence-electron chi connectivity index (χ1n) is 6.09. The highest BCUT2D eigenvalue weighted by atomic mass is 35.5. The number of benzene rings is 2. The minimum atomic E-state index is -0.910. The van der Waals surface area contributed by atoms with Crippen LogP contribution in [0.25, 0.3) is 0 Å². The molecule has 0 aliphatic carbocycles. The number of halogens is 1. The predicted molar refractivity (Wildman–Crippen MR) is 84.1 cm³/mol. The summed E-state index contributed by atoms with van der Waals surface area (Å²) in [6, 6.07) is 8.17. The molecule has 2 rings (SSSR count). The Morgan fingerprint density at radius 1 is 1.13 bits per heavy atom. The van der Waals surface area contributed by atoms with E-state index in [0.717, 1.165) is 12.3 Å². The lowest BCUT2D eigenvalue weighted by Crippen LogP contribution is -1.97. The van der Waals surface area contributed by atoms with E-state index >= 15 is 0 Å². The molecule has 10 heteroatoms. The number of nitrogens with zero attached hydrogens (tertiary/aromatic N) is 3. The van der Waals surface area contributed by atoms with Crippen molar-refractivity contribution in [3.63, 3.8) is 0 Å². The number of non-ortho nitro benzene ring substituents is 1. The van der Waals surface area contributed by atoms with Crippen molar-refractivity contribution in [1.29, 1.82) is 0 Å². The van der Waals surface area contributed by atoms with Crippen LogP contribution < -0.4 is 5.43 Å². The molecule has 0 aromatic heterocycles. The van der Waals surface area contributed by atoms with Gasteiger partial charge >= 0.3 is 5.69 Å². The van der Waals surface area contributed by atoms with Gasteiger partial charge in [-0.05, 0) is 24.3 Å². The van der Waals surface area contributed by atoms with E-state index in [2.05, 4.69) is 10.5 Å². The summed E-state index contributed by atoms with van der Waals surface area (Å²) in [5, 5.41) is 35.7. The maximum atomic E-state index is 10.8. The van der Waals surface area contributed by atoms with Crippen molar-refractivity contribution in [1.82, 2.24) is 0 Å². The van der Waals surface area contributed by atoms with Crippen LogP contribution in [-0.2, 0) is 0 Å². The smallest absolute Gasteiger partial charge is 0.318 e. The number of rotatable bonds is 5. The van der Waals surface area contributed by atoms with Crippen LogP contribution in [0.2, 0.25) is 5.02 Å². The Kier molecular flexibility index (Phi) is 4.72. The Morgan fingerprint density at radius 3 is 2.35 bits per heavy atom. The number of aromatic hydroxyl groups is 1. The molecule has 0 bridgehead atoms. The van der Waals surface area contributed by atoms with Gasteiger partial charge in [0.25, 0.3) is 5.69 Å². The highest BCUT2D eigenvalue weighted by molar-refractivity contribution is 6.30. The number of nitro groups is 2. The van der Waals surface area contributed by atoms with Crippen LogP contribution in [0.15, 0.2) is 41.5 Å². The van der Waals surface area contributed by atoms with Crippen molar-refractivity contribution in [3.8, 4) is 5.75 Å². The average molecular weight is 337 g/mol. The SMILES string of the molecule is O=[N+]([O-])c1cc(/C=N/Nc2ccc(Cl)cc2)c(O)c([N+](=O)[O-])c1. The second-order valence-corrected chi connectivity index (χ2v) is 4.73. The molecule has 0 spiro atoms. The van der Waals surface area contributed by atoms with E-state index in [0.29, 0.717) is 16.8 Å². The van der Waals surface area contributed by atoms with E-state index < -0.39 is 27.0 Å². The molecule has 2 N–H and O–H groups in total. The first kappa shape index (κ1) is 16.2. The molecular weight excluding hydrogens is 328 g/mol. The Hall–Kier alpha value is -3.20. The normalized spacial score (nSPS) is 10.7. The maximum Gasteiger partial charge on any atom is 0.318 e. The van der Waals surface area contributed by atoms with Gasteiger partial charge in [-0.25, -0.2) is 0 Å². The van der Waals surface area contributed by atoms with Gasteiger partial charge in [0.15, 0.2) is 0 Å². The van der Waals surface area contributed by atoms with Crippen LogP contribution in [-0.4, -0.2) is 21.2 Å². The standard InChI is InChI=1S/C13H9ClN4O5/c14-9-1-3-10(4-2-9)16-15-7-8-5-11(17(20)21)6-12(13(8)19)18(22)23/h1-7,16,19H/b15-7+. The molecule has 0 aliphatic heterocycles. The zero-order valence-corrected chi connectivity index (χ0v) is 12.1. The van der Waals surface area contributed by atoms with Gasteiger partial charge in [-0.3, -0.25) is 25.7 Å². The second kappa shape index (κ2) is 6.71. The summed E-state index contributed by atoms with van der Waals surface area (Å²) in [5.74, 6) is -0.706. The van der Waals surface area contributed by atoms with E-state index in [1.807, 2.05) is 0 Å². The first-order valence-corrected chi connectivity index (χ1v) is 6.46. The van der Waals surface area contributed by atoms with Crippen LogP contribution >= 0.6 is 11.6 Å². The number of nitro benzene ring substituents is 2. The Bertz CT molecular complexity index is 792. The fourth-order valence-electron chi connectivity index (χ4n) is 1.67. The van der Waals surface area contributed by atoms with Crippen molar-refractivity contribution in [2.75, 3.05) is 5.43 Å². The summed E-state index contributed by atoms with van der Waals surface area (Å²) in [6.45, 7) is 0. The highest BCUT2D eigenvalue weighted by Crippen LogP contribution is 2.33. The molecule has 9 nitrogen and oxygen atoms in total. The third-order valence-electron chi connectivity index (χ3n) is 2.75. The molecule has 0 aliphatic rings. The fourth-order valence-corrected chi connectivity index (χ4v) is 1.80. The molecule has 0 saturated heterocycles. The summed E-state index contributed by atoms with van der Waals surface area (Å²) in [7, 11) is 0. The van der Waals surface area contributed by atoms with Crippen LogP contribution in [0.1, 0.15) is 5.56 Å². The number of nitrogens with one attached hydrogen (secondary N) is 1. The lowest BCUT2D eigenvalue weighted by molar-refractivity contribution is -0.394. The number of phenols is 1. The van der Waals surface area contributed by atoms with Gasteiger partial charge in [0.05, 0.1) is 33.4 Å². The molecule has 118 valence electrons. The maximum absolute atomic E-state index is 10.8. The number of hydrazone groups is 1. The average Bonchev–Trinajstić information content (AvgIpc) is 2.50. The molecule has 2 aromatic carbocycles. The van der Waals surface area contributed by atoms with E-state index in [1.165, 1.54) is 0 Å². The first-order chi connectivity index (χ1) is 10.9. The van der Waals surface area contributed by atoms with Gasteiger partial charge < -0.3 is 5.11 Å². The summed E-state index contributed by atoms with van der Waals surface area (Å²) in [5.41, 5.74) is 1.72. The van der Waals surface area contributed by atoms with Crippen molar-refractivity contribution >= 4 is 34.9 Å². The highest BCUT2D eigenvalue weighted by Gasteiger charge is 2.22. The van der Waals surface area contributed by atoms with E-state index in [9.17, 15) is 25.3 Å². The van der Waals surface area contributed by atoms with Crippen LogP contribution in [0.5, 0.6) is 5.75 Å². The van der Waals surface area contributed by atoms with Gasteiger partial charge in [0, 0.05) is 11.1 Å². The Morgan fingerprint density at radius 2 is 1.78 bits per heavy atom. The van der Waals surface area contributed by atoms with Crippen LogP contribution in [0.4, 0.5) is 17.1 Å². The molecule has 0 heterocycles. The number of hydrogen-bond donors (Lipinski definition) is 2. The lowest BCUT2D eigenvalue weighted by Gasteiger charge is -2.02. The van der Waals surface area contributed by atoms with Crippen molar-refractivity contribution in [2.24, 2.45) is 5.10 Å². The van der Waals surface area contributed by atoms with Gasteiger partial charge in [-0.1, -0.05) is 11.6 Å². The minimum absolute atomic E-state index is 0.160. The molecule has 0 saturated carbocycles. The zero-order chi connectivity index (χ0) is 17.0. The molecule has 0 amide bonds. The van der Waals surface area contributed by atoms with E-state index in [1.54, 1.807) is 24.3 Å². The van der Waals surface area contributed by atoms with Crippen molar-refractivity contribution in [3.05, 3.63) is 67.2 Å².